The van der Waals surface area contributed by atoms with Gasteiger partial charge in [0.25, 0.3) is 0 Å². The van der Waals surface area contributed by atoms with Crippen molar-refractivity contribution in [3.05, 3.63) is 93.3 Å². The van der Waals surface area contributed by atoms with Crippen molar-refractivity contribution in [1.29, 1.82) is 0 Å². The first-order valence-corrected chi connectivity index (χ1v) is 14.2. The molecule has 0 aliphatic heterocycles. The average Bonchev–Trinajstić information content (AvgIpc) is 2.88. The van der Waals surface area contributed by atoms with Crippen molar-refractivity contribution in [3.8, 4) is 17.0 Å². The largest absolute Gasteiger partial charge is 0.476 e. The number of nitrogens with two attached hydrogens (primary N) is 1. The maximum absolute atomic E-state index is 6.34. The fourth-order valence-electron chi connectivity index (χ4n) is 4.54. The quantitative estimate of drug-likeness (QED) is 0.204. The van der Waals surface area contributed by atoms with E-state index in [0.29, 0.717) is 23.4 Å². The second kappa shape index (κ2) is 12.6. The molecule has 0 saturated heterocycles. The van der Waals surface area contributed by atoms with Crippen LogP contribution in [0.2, 0.25) is 10.0 Å². The minimum Gasteiger partial charge on any atom is -0.476 e. The third kappa shape index (κ3) is 7.67. The number of hydrogen-bond donors (Lipinski definition) is 1. The molecule has 3 aromatic heterocycles. The number of aromatic nitrogens is 3. The van der Waals surface area contributed by atoms with Gasteiger partial charge in [-0.05, 0) is 86.3 Å². The Morgan fingerprint density at radius 3 is 2.15 bits per heavy atom. The van der Waals surface area contributed by atoms with Crippen molar-refractivity contribution in [2.75, 3.05) is 6.61 Å². The number of pyridine rings is 3. The van der Waals surface area contributed by atoms with Gasteiger partial charge < -0.3 is 10.5 Å². The van der Waals surface area contributed by atoms with Gasteiger partial charge in [-0.2, -0.15) is 0 Å². The van der Waals surface area contributed by atoms with E-state index in [1.165, 1.54) is 0 Å². The normalized spacial score (nSPS) is 12.7. The Kier molecular flexibility index (Phi) is 9.44. The standard InChI is InChI=1S/C22H26ClN3O.C9H5BrClN/c1-14(2)11-22(4,24)13-27-21-15(3)9-16(12-26-21)18-7-8-25-20-6-5-17(23)10-19(18)20;10-8-3-4-12-9-2-1-6(11)5-7(8)9/h5-10,12,14H,11,13,24H2,1-4H3;1-5H/t22-;/m0./s1. The van der Waals surface area contributed by atoms with Crippen LogP contribution in [0.25, 0.3) is 32.9 Å². The molecule has 0 spiro atoms. The Labute approximate surface area is 247 Å². The summed E-state index contributed by atoms with van der Waals surface area (Å²) in [5.74, 6) is 1.14. The van der Waals surface area contributed by atoms with Crippen LogP contribution in [-0.2, 0) is 0 Å². The van der Waals surface area contributed by atoms with Crippen LogP contribution in [0.3, 0.4) is 0 Å². The van der Waals surface area contributed by atoms with Crippen LogP contribution in [0, 0.1) is 12.8 Å². The minimum atomic E-state index is -0.376. The smallest absolute Gasteiger partial charge is 0.216 e. The van der Waals surface area contributed by atoms with Gasteiger partial charge in [-0.25, -0.2) is 4.98 Å². The molecule has 5 nitrogen and oxygen atoms in total. The van der Waals surface area contributed by atoms with Crippen molar-refractivity contribution < 1.29 is 4.74 Å². The Morgan fingerprint density at radius 2 is 1.51 bits per heavy atom. The number of nitrogens with zero attached hydrogens (tertiary/aromatic N) is 3. The van der Waals surface area contributed by atoms with Crippen LogP contribution in [0.5, 0.6) is 5.88 Å². The van der Waals surface area contributed by atoms with E-state index in [0.717, 1.165) is 54.4 Å². The number of ether oxygens (including phenoxy) is 1. The van der Waals surface area contributed by atoms with E-state index < -0.39 is 0 Å². The molecular weight excluding hydrogens is 595 g/mol. The highest BCUT2D eigenvalue weighted by atomic mass is 79.9. The highest BCUT2D eigenvalue weighted by molar-refractivity contribution is 9.10. The average molecular weight is 626 g/mol. The molecule has 0 amide bonds. The van der Waals surface area contributed by atoms with E-state index in [4.69, 9.17) is 33.7 Å². The Balaban J connectivity index is 0.000000243. The maximum atomic E-state index is 6.34. The van der Waals surface area contributed by atoms with Crippen LogP contribution in [0.4, 0.5) is 0 Å². The summed E-state index contributed by atoms with van der Waals surface area (Å²) < 4.78 is 6.95. The zero-order chi connectivity index (χ0) is 28.2. The van der Waals surface area contributed by atoms with Crippen molar-refractivity contribution in [2.45, 2.75) is 39.7 Å². The molecule has 202 valence electrons. The molecule has 0 bridgehead atoms. The minimum absolute atomic E-state index is 0.376. The molecule has 3 heterocycles. The third-order valence-corrected chi connectivity index (χ3v) is 7.27. The van der Waals surface area contributed by atoms with Crippen molar-refractivity contribution in [3.63, 3.8) is 0 Å². The van der Waals surface area contributed by atoms with Crippen LogP contribution in [-0.4, -0.2) is 27.1 Å². The van der Waals surface area contributed by atoms with Crippen LogP contribution in [0.15, 0.2) is 77.7 Å². The molecule has 39 heavy (non-hydrogen) atoms. The predicted molar refractivity (Wildman–Crippen MR) is 167 cm³/mol. The molecule has 0 aliphatic carbocycles. The zero-order valence-corrected chi connectivity index (χ0v) is 25.5. The van der Waals surface area contributed by atoms with Gasteiger partial charge in [-0.15, -0.1) is 0 Å². The summed E-state index contributed by atoms with van der Waals surface area (Å²) in [7, 11) is 0. The molecule has 8 heteroatoms. The highest BCUT2D eigenvalue weighted by Crippen LogP contribution is 2.31. The molecule has 0 radical (unpaired) electrons. The molecule has 0 fully saturated rings. The lowest BCUT2D eigenvalue weighted by atomic mass is 9.93. The monoisotopic (exact) mass is 624 g/mol. The molecule has 2 aromatic carbocycles. The number of benzene rings is 2. The van der Waals surface area contributed by atoms with E-state index in [-0.39, 0.29) is 5.54 Å². The molecule has 1 atom stereocenters. The highest BCUT2D eigenvalue weighted by Gasteiger charge is 2.22. The summed E-state index contributed by atoms with van der Waals surface area (Å²) in [4.78, 5) is 13.1. The Bertz CT molecular complexity index is 1610. The van der Waals surface area contributed by atoms with Crippen LogP contribution < -0.4 is 10.5 Å². The van der Waals surface area contributed by atoms with E-state index in [1.807, 2.05) is 68.6 Å². The number of aryl methyl sites for hydroxylation is 1. The molecular formula is C31H31BrCl2N4O. The molecule has 5 aromatic rings. The van der Waals surface area contributed by atoms with Gasteiger partial charge in [0.05, 0.1) is 11.0 Å². The lowest BCUT2D eigenvalue weighted by Gasteiger charge is -2.26. The first-order chi connectivity index (χ1) is 18.5. The molecule has 2 N–H and O–H groups in total. The first kappa shape index (κ1) is 29.2. The van der Waals surface area contributed by atoms with Gasteiger partial charge in [-0.3, -0.25) is 9.97 Å². The van der Waals surface area contributed by atoms with Crippen molar-refractivity contribution in [2.24, 2.45) is 11.7 Å². The second-order valence-electron chi connectivity index (χ2n) is 10.4. The zero-order valence-electron chi connectivity index (χ0n) is 22.4. The van der Waals surface area contributed by atoms with Crippen molar-refractivity contribution >= 4 is 60.9 Å². The first-order valence-electron chi connectivity index (χ1n) is 12.7. The maximum Gasteiger partial charge on any atom is 0.216 e. The predicted octanol–water partition coefficient (Wildman–Crippen LogP) is 9.05. The topological polar surface area (TPSA) is 73.9 Å². The Hall–Kier alpha value is -2.77. The van der Waals surface area contributed by atoms with E-state index >= 15 is 0 Å². The number of rotatable bonds is 6. The number of hydrogen-bond acceptors (Lipinski definition) is 5. The van der Waals surface area contributed by atoms with E-state index in [2.05, 4.69) is 50.8 Å². The van der Waals surface area contributed by atoms with E-state index in [9.17, 15) is 0 Å². The van der Waals surface area contributed by atoms with Gasteiger partial charge in [0, 0.05) is 60.5 Å². The summed E-state index contributed by atoms with van der Waals surface area (Å²) >= 11 is 15.5. The van der Waals surface area contributed by atoms with Crippen LogP contribution in [0.1, 0.15) is 32.8 Å². The lowest BCUT2D eigenvalue weighted by molar-refractivity contribution is 0.199. The summed E-state index contributed by atoms with van der Waals surface area (Å²) in [5, 5.41) is 3.47. The molecule has 0 unspecified atom stereocenters. The SMILES string of the molecule is Cc1cc(-c2ccnc3ccc(Cl)cc23)cnc1OC[C@@](C)(N)CC(C)C.Clc1ccc2nccc(Br)c2c1. The number of halogens is 3. The van der Waals surface area contributed by atoms with Gasteiger partial charge in [0.1, 0.15) is 6.61 Å². The van der Waals surface area contributed by atoms with Gasteiger partial charge in [0.15, 0.2) is 0 Å². The molecule has 5 rings (SSSR count). The lowest BCUT2D eigenvalue weighted by Crippen LogP contribution is -2.43. The summed E-state index contributed by atoms with van der Waals surface area (Å²) in [6.07, 6.45) is 6.29. The summed E-state index contributed by atoms with van der Waals surface area (Å²) in [6, 6.07) is 17.3. The Morgan fingerprint density at radius 1 is 0.897 bits per heavy atom. The molecule has 0 saturated carbocycles. The fraction of sp³-hybridized carbons (Fsp3) is 0.258. The summed E-state index contributed by atoms with van der Waals surface area (Å²) in [5.41, 5.74) is 10.9. The van der Waals surface area contributed by atoms with Crippen molar-refractivity contribution in [1.82, 2.24) is 15.0 Å². The number of fused-ring (bicyclic) bond motifs is 2. The third-order valence-electron chi connectivity index (χ3n) is 6.11. The summed E-state index contributed by atoms with van der Waals surface area (Å²) in [6.45, 7) is 8.78. The van der Waals surface area contributed by atoms with E-state index in [1.54, 1.807) is 12.4 Å². The van der Waals surface area contributed by atoms with Gasteiger partial charge in [0.2, 0.25) is 5.88 Å². The molecule has 0 aliphatic rings. The van der Waals surface area contributed by atoms with Gasteiger partial charge in [-0.1, -0.05) is 53.0 Å². The van der Waals surface area contributed by atoms with Crippen LogP contribution >= 0.6 is 39.1 Å². The van der Waals surface area contributed by atoms with Gasteiger partial charge >= 0.3 is 0 Å². The second-order valence-corrected chi connectivity index (χ2v) is 12.1. The fourth-order valence-corrected chi connectivity index (χ4v) is 5.32.